The fourth-order valence-electron chi connectivity index (χ4n) is 5.11. The molecule has 1 rings (SSSR count). The zero-order chi connectivity index (χ0) is 34.7. The van der Waals surface area contributed by atoms with Crippen LogP contribution in [-0.2, 0) is 37.6 Å². The zero-order valence-corrected chi connectivity index (χ0v) is 32.1. The standard InChI is InChI=1S/C32H62N4O8Si2/c1-11-39-45(40-12-2,41-13-3)24-18-22-33-29(37)35-31(7,8)27-20-17-21-28(26-27)32(9,10)36-30(38)34-23-19-25-46(42-14-4,43-15-5)44-16-6/h17,20-21,26H,11-16,18-19,22-25H2,1-10H3,(H2,33,35,37)(H2,34,36,38). The largest absolute Gasteiger partial charge is 0.500 e. The van der Waals surface area contributed by atoms with Crippen LogP contribution in [0.1, 0.15) is 93.2 Å². The summed E-state index contributed by atoms with van der Waals surface area (Å²) in [6.07, 6.45) is 1.34. The van der Waals surface area contributed by atoms with Gasteiger partial charge >= 0.3 is 29.7 Å². The van der Waals surface area contributed by atoms with Gasteiger partial charge in [0, 0.05) is 64.8 Å². The van der Waals surface area contributed by atoms with E-state index in [2.05, 4.69) is 21.3 Å². The highest BCUT2D eigenvalue weighted by Crippen LogP contribution is 2.27. The summed E-state index contributed by atoms with van der Waals surface area (Å²) in [6, 6.07) is 8.60. The smallest absolute Gasteiger partial charge is 0.374 e. The molecular formula is C32H62N4O8Si2. The van der Waals surface area contributed by atoms with Crippen molar-refractivity contribution in [1.82, 2.24) is 21.3 Å². The monoisotopic (exact) mass is 686 g/mol. The summed E-state index contributed by atoms with van der Waals surface area (Å²) < 4.78 is 35.4. The van der Waals surface area contributed by atoms with Crippen molar-refractivity contribution in [2.75, 3.05) is 52.7 Å². The van der Waals surface area contributed by atoms with Gasteiger partial charge in [-0.15, -0.1) is 0 Å². The summed E-state index contributed by atoms with van der Waals surface area (Å²) >= 11 is 0. The summed E-state index contributed by atoms with van der Waals surface area (Å²) in [5, 5.41) is 12.1. The van der Waals surface area contributed by atoms with Gasteiger partial charge in [-0.3, -0.25) is 0 Å². The third-order valence-corrected chi connectivity index (χ3v) is 13.5. The van der Waals surface area contributed by atoms with Gasteiger partial charge in [-0.1, -0.05) is 24.3 Å². The Hall–Kier alpha value is -2.05. The Morgan fingerprint density at radius 1 is 0.587 bits per heavy atom. The van der Waals surface area contributed by atoms with Crippen molar-refractivity contribution in [2.45, 2.75) is 105 Å². The van der Waals surface area contributed by atoms with Crippen LogP contribution in [0, 0.1) is 0 Å². The molecule has 0 aromatic heterocycles. The van der Waals surface area contributed by atoms with E-state index in [4.69, 9.17) is 26.6 Å². The molecule has 0 atom stereocenters. The molecule has 46 heavy (non-hydrogen) atoms. The molecule has 0 radical (unpaired) electrons. The summed E-state index contributed by atoms with van der Waals surface area (Å²) in [6.45, 7) is 23.4. The maximum Gasteiger partial charge on any atom is 0.500 e. The molecule has 4 N–H and O–H groups in total. The van der Waals surface area contributed by atoms with Crippen LogP contribution in [0.15, 0.2) is 24.3 Å². The number of carbonyl (C=O) groups excluding carboxylic acids is 2. The van der Waals surface area contributed by atoms with Crippen LogP contribution in [0.25, 0.3) is 0 Å². The van der Waals surface area contributed by atoms with Gasteiger partial charge in [0.2, 0.25) is 0 Å². The molecule has 0 saturated carbocycles. The number of hydrogen-bond acceptors (Lipinski definition) is 8. The Bertz CT molecular complexity index is 922. The van der Waals surface area contributed by atoms with E-state index in [0.717, 1.165) is 11.1 Å². The highest BCUT2D eigenvalue weighted by molar-refractivity contribution is 6.61. The number of rotatable bonds is 24. The first-order valence-electron chi connectivity index (χ1n) is 16.8. The Labute approximate surface area is 280 Å². The maximum atomic E-state index is 12.9. The number of carbonyl (C=O) groups is 2. The first-order chi connectivity index (χ1) is 21.8. The highest BCUT2D eigenvalue weighted by Gasteiger charge is 2.40. The van der Waals surface area contributed by atoms with E-state index in [9.17, 15) is 9.59 Å². The molecule has 0 aliphatic rings. The number of amides is 4. The zero-order valence-electron chi connectivity index (χ0n) is 30.1. The second kappa shape index (κ2) is 21.0. The van der Waals surface area contributed by atoms with Crippen molar-refractivity contribution < 1.29 is 36.1 Å². The molecule has 14 heteroatoms. The Balaban J connectivity index is 2.73. The van der Waals surface area contributed by atoms with Gasteiger partial charge in [0.05, 0.1) is 11.1 Å². The number of urea groups is 2. The predicted octanol–water partition coefficient (Wildman–Crippen LogP) is 5.63. The Morgan fingerprint density at radius 2 is 0.891 bits per heavy atom. The fourth-order valence-corrected chi connectivity index (χ4v) is 10.3. The van der Waals surface area contributed by atoms with Crippen LogP contribution in [0.4, 0.5) is 9.59 Å². The lowest BCUT2D eigenvalue weighted by molar-refractivity contribution is 0.0700. The second-order valence-electron chi connectivity index (χ2n) is 11.8. The van der Waals surface area contributed by atoms with Gasteiger partial charge in [-0.05, 0) is 93.2 Å². The minimum absolute atomic E-state index is 0.270. The van der Waals surface area contributed by atoms with Crippen molar-refractivity contribution in [2.24, 2.45) is 0 Å². The van der Waals surface area contributed by atoms with Crippen LogP contribution in [-0.4, -0.2) is 82.4 Å². The summed E-state index contributed by atoms with van der Waals surface area (Å²) in [4.78, 5) is 25.7. The minimum atomic E-state index is -2.75. The number of nitrogens with one attached hydrogen (secondary N) is 4. The van der Waals surface area contributed by atoms with E-state index < -0.39 is 28.7 Å². The molecule has 4 amide bonds. The molecule has 0 spiro atoms. The van der Waals surface area contributed by atoms with Gasteiger partial charge in [-0.25, -0.2) is 9.59 Å². The molecule has 0 aliphatic heterocycles. The Kier molecular flexibility index (Phi) is 19.2. The fraction of sp³-hybridized carbons (Fsp3) is 0.750. The topological polar surface area (TPSA) is 138 Å². The predicted molar refractivity (Wildman–Crippen MR) is 186 cm³/mol. The van der Waals surface area contributed by atoms with E-state index in [1.54, 1.807) is 0 Å². The molecule has 0 fully saturated rings. The normalized spacial score (nSPS) is 12.6. The second-order valence-corrected chi connectivity index (χ2v) is 17.2. The molecule has 1 aromatic rings. The van der Waals surface area contributed by atoms with Crippen molar-refractivity contribution in [3.05, 3.63) is 35.4 Å². The molecule has 0 unspecified atom stereocenters. The quantitative estimate of drug-likeness (QED) is 0.0811. The summed E-state index contributed by atoms with van der Waals surface area (Å²) in [5.41, 5.74) is 0.485. The van der Waals surface area contributed by atoms with Gasteiger partial charge in [-0.2, -0.15) is 0 Å². The summed E-state index contributed by atoms with van der Waals surface area (Å²) in [5.74, 6) is 0. The molecule has 0 heterocycles. The molecule has 1 aromatic carbocycles. The van der Waals surface area contributed by atoms with E-state index in [1.165, 1.54) is 0 Å². The van der Waals surface area contributed by atoms with Crippen LogP contribution >= 0.6 is 0 Å². The number of benzene rings is 1. The molecular weight excluding hydrogens is 625 g/mol. The SMILES string of the molecule is CCO[Si](CCCNC(=O)NC(C)(C)c1cccc(C(C)(C)NC(=O)NCCC[Si](OCC)(OCC)OCC)c1)(OCC)OCC. The first-order valence-corrected chi connectivity index (χ1v) is 20.7. The molecule has 0 saturated heterocycles. The summed E-state index contributed by atoms with van der Waals surface area (Å²) in [7, 11) is -5.50. The number of hydrogen-bond donors (Lipinski definition) is 4. The van der Waals surface area contributed by atoms with Gasteiger partial charge < -0.3 is 47.8 Å². The van der Waals surface area contributed by atoms with E-state index >= 15 is 0 Å². The minimum Gasteiger partial charge on any atom is -0.374 e. The van der Waals surface area contributed by atoms with Crippen LogP contribution in [0.2, 0.25) is 12.1 Å². The average molecular weight is 687 g/mol. The van der Waals surface area contributed by atoms with Gasteiger partial charge in [0.25, 0.3) is 0 Å². The highest BCUT2D eigenvalue weighted by atomic mass is 28.4. The van der Waals surface area contributed by atoms with E-state index in [-0.39, 0.29) is 12.1 Å². The molecule has 0 aliphatic carbocycles. The van der Waals surface area contributed by atoms with Gasteiger partial charge in [0.15, 0.2) is 0 Å². The average Bonchev–Trinajstić information content (AvgIpc) is 2.98. The van der Waals surface area contributed by atoms with Crippen LogP contribution in [0.3, 0.4) is 0 Å². The van der Waals surface area contributed by atoms with Crippen LogP contribution in [0.5, 0.6) is 0 Å². The molecule has 12 nitrogen and oxygen atoms in total. The lowest BCUT2D eigenvalue weighted by Crippen LogP contribution is -2.49. The first kappa shape index (κ1) is 42.0. The van der Waals surface area contributed by atoms with Gasteiger partial charge in [0.1, 0.15) is 0 Å². The maximum absolute atomic E-state index is 12.9. The lowest BCUT2D eigenvalue weighted by Gasteiger charge is -2.31. The Morgan fingerprint density at radius 3 is 1.17 bits per heavy atom. The molecule has 266 valence electrons. The third-order valence-electron chi connectivity index (χ3n) is 7.23. The van der Waals surface area contributed by atoms with E-state index in [0.29, 0.717) is 77.7 Å². The lowest BCUT2D eigenvalue weighted by atomic mass is 9.87. The van der Waals surface area contributed by atoms with Crippen molar-refractivity contribution in [3.63, 3.8) is 0 Å². The van der Waals surface area contributed by atoms with Crippen molar-refractivity contribution in [3.8, 4) is 0 Å². The third kappa shape index (κ3) is 14.4. The van der Waals surface area contributed by atoms with Crippen molar-refractivity contribution in [1.29, 1.82) is 0 Å². The van der Waals surface area contributed by atoms with Crippen molar-refractivity contribution >= 4 is 29.7 Å². The van der Waals surface area contributed by atoms with Crippen LogP contribution < -0.4 is 21.3 Å². The molecule has 0 bridgehead atoms. The van der Waals surface area contributed by atoms with E-state index in [1.807, 2.05) is 93.5 Å².